The molecule has 7 heteroatoms. The summed E-state index contributed by atoms with van der Waals surface area (Å²) < 4.78 is 51.9. The van der Waals surface area contributed by atoms with Crippen molar-refractivity contribution in [2.45, 2.75) is 12.2 Å². The first kappa shape index (κ1) is 13.4. The second kappa shape index (κ2) is 5.13. The van der Waals surface area contributed by atoms with Crippen LogP contribution in [0.15, 0.2) is 24.3 Å². The summed E-state index contributed by atoms with van der Waals surface area (Å²) in [5.41, 5.74) is 5.85. The molecule has 3 nitrogen and oxygen atoms in total. The number of esters is 1. The zero-order valence-corrected chi connectivity index (χ0v) is 8.50. The summed E-state index contributed by atoms with van der Waals surface area (Å²) in [5, 5.41) is 0. The lowest BCUT2D eigenvalue weighted by molar-refractivity contribution is -0.200. The Morgan fingerprint density at radius 1 is 1.29 bits per heavy atom. The SMILES string of the molecule is NC(COC(=O)C(F)(F)F)c1ccc(F)cc1. The molecule has 1 atom stereocenters. The van der Waals surface area contributed by atoms with Crippen LogP contribution in [-0.4, -0.2) is 18.8 Å². The lowest BCUT2D eigenvalue weighted by atomic mass is 10.1. The minimum atomic E-state index is -5.04. The van der Waals surface area contributed by atoms with E-state index in [0.717, 1.165) is 12.1 Å². The maximum absolute atomic E-state index is 12.5. The van der Waals surface area contributed by atoms with Gasteiger partial charge in [0.15, 0.2) is 0 Å². The van der Waals surface area contributed by atoms with Gasteiger partial charge in [-0.2, -0.15) is 13.2 Å². The number of rotatable bonds is 3. The maximum Gasteiger partial charge on any atom is 0.490 e. The van der Waals surface area contributed by atoms with Crippen LogP contribution >= 0.6 is 0 Å². The molecule has 0 fully saturated rings. The summed E-state index contributed by atoms with van der Waals surface area (Å²) in [6, 6.07) is 3.91. The number of halogens is 4. The number of alkyl halides is 3. The fraction of sp³-hybridized carbons (Fsp3) is 0.300. The molecule has 0 spiro atoms. The monoisotopic (exact) mass is 251 g/mol. The van der Waals surface area contributed by atoms with Gasteiger partial charge in [-0.15, -0.1) is 0 Å². The number of hydrogen-bond acceptors (Lipinski definition) is 3. The first-order valence-corrected chi connectivity index (χ1v) is 4.55. The van der Waals surface area contributed by atoms with Gasteiger partial charge in [0, 0.05) is 0 Å². The first-order valence-electron chi connectivity index (χ1n) is 4.55. The van der Waals surface area contributed by atoms with Crippen LogP contribution in [0, 0.1) is 5.82 Å². The minimum Gasteiger partial charge on any atom is -0.457 e. The van der Waals surface area contributed by atoms with E-state index in [1.54, 1.807) is 0 Å². The maximum atomic E-state index is 12.5. The van der Waals surface area contributed by atoms with Crippen LogP contribution < -0.4 is 5.73 Å². The molecule has 0 aromatic heterocycles. The molecule has 0 radical (unpaired) electrons. The highest BCUT2D eigenvalue weighted by atomic mass is 19.4. The number of benzene rings is 1. The predicted octanol–water partition coefficient (Wildman–Crippen LogP) is 1.93. The van der Waals surface area contributed by atoms with Crippen LogP contribution in [-0.2, 0) is 9.53 Å². The third-order valence-corrected chi connectivity index (χ3v) is 1.92. The molecule has 17 heavy (non-hydrogen) atoms. The summed E-state index contributed by atoms with van der Waals surface area (Å²) in [6.07, 6.45) is -5.04. The summed E-state index contributed by atoms with van der Waals surface area (Å²) in [6.45, 7) is -0.621. The van der Waals surface area contributed by atoms with E-state index in [0.29, 0.717) is 5.56 Å². The highest BCUT2D eigenvalue weighted by Crippen LogP contribution is 2.18. The van der Waals surface area contributed by atoms with Crippen molar-refractivity contribution in [3.63, 3.8) is 0 Å². The van der Waals surface area contributed by atoms with E-state index in [2.05, 4.69) is 4.74 Å². The van der Waals surface area contributed by atoms with Gasteiger partial charge in [0.2, 0.25) is 0 Å². The standard InChI is InChI=1S/C10H9F4NO2/c11-7-3-1-6(2-4-7)8(15)5-17-9(16)10(12,13)14/h1-4,8H,5,15H2. The van der Waals surface area contributed by atoms with Gasteiger partial charge in [0.25, 0.3) is 0 Å². The Morgan fingerprint density at radius 2 is 1.82 bits per heavy atom. The molecular weight excluding hydrogens is 242 g/mol. The van der Waals surface area contributed by atoms with Crippen molar-refractivity contribution < 1.29 is 27.1 Å². The summed E-state index contributed by atoms with van der Waals surface area (Å²) >= 11 is 0. The normalized spacial score (nSPS) is 13.2. The van der Waals surface area contributed by atoms with Crippen LogP contribution in [0.2, 0.25) is 0 Å². The minimum absolute atomic E-state index is 0.376. The van der Waals surface area contributed by atoms with E-state index in [-0.39, 0.29) is 0 Å². The highest BCUT2D eigenvalue weighted by molar-refractivity contribution is 5.75. The Morgan fingerprint density at radius 3 is 2.29 bits per heavy atom. The van der Waals surface area contributed by atoms with Crippen LogP contribution in [0.5, 0.6) is 0 Å². The van der Waals surface area contributed by atoms with E-state index in [9.17, 15) is 22.4 Å². The summed E-state index contributed by atoms with van der Waals surface area (Å²) in [5.74, 6) is -2.79. The molecule has 0 aliphatic rings. The number of carbonyl (C=O) groups is 1. The largest absolute Gasteiger partial charge is 0.490 e. The van der Waals surface area contributed by atoms with Crippen molar-refractivity contribution >= 4 is 5.97 Å². The smallest absolute Gasteiger partial charge is 0.457 e. The molecule has 1 aromatic carbocycles. The molecule has 1 aromatic rings. The van der Waals surface area contributed by atoms with Crippen molar-refractivity contribution in [1.82, 2.24) is 0 Å². The third kappa shape index (κ3) is 4.03. The van der Waals surface area contributed by atoms with Gasteiger partial charge < -0.3 is 10.5 Å². The van der Waals surface area contributed by atoms with Crippen molar-refractivity contribution in [1.29, 1.82) is 0 Å². The van der Waals surface area contributed by atoms with Gasteiger partial charge in [0.05, 0.1) is 6.04 Å². The Labute approximate surface area is 94.2 Å². The van der Waals surface area contributed by atoms with Gasteiger partial charge in [-0.1, -0.05) is 12.1 Å². The van der Waals surface area contributed by atoms with Gasteiger partial charge in [-0.3, -0.25) is 0 Å². The number of nitrogens with two attached hydrogens (primary N) is 1. The number of carbonyl (C=O) groups excluding carboxylic acids is 1. The van der Waals surface area contributed by atoms with E-state index >= 15 is 0 Å². The molecular formula is C10H9F4NO2. The zero-order valence-electron chi connectivity index (χ0n) is 8.50. The average Bonchev–Trinajstić information content (AvgIpc) is 2.25. The molecule has 94 valence electrons. The van der Waals surface area contributed by atoms with E-state index < -0.39 is 30.6 Å². The predicted molar refractivity (Wildman–Crippen MR) is 50.3 cm³/mol. The van der Waals surface area contributed by atoms with Crippen molar-refractivity contribution in [2.24, 2.45) is 5.73 Å². The van der Waals surface area contributed by atoms with E-state index in [4.69, 9.17) is 5.73 Å². The second-order valence-corrected chi connectivity index (χ2v) is 3.25. The molecule has 1 rings (SSSR count). The Hall–Kier alpha value is -1.63. The number of hydrogen-bond donors (Lipinski definition) is 1. The summed E-state index contributed by atoms with van der Waals surface area (Å²) in [4.78, 5) is 10.4. The molecule has 0 aliphatic carbocycles. The lowest BCUT2D eigenvalue weighted by Crippen LogP contribution is -2.29. The van der Waals surface area contributed by atoms with Crippen molar-refractivity contribution in [3.05, 3.63) is 35.6 Å². The molecule has 0 bridgehead atoms. The zero-order chi connectivity index (χ0) is 13.1. The lowest BCUT2D eigenvalue weighted by Gasteiger charge is -2.13. The molecule has 0 amide bonds. The fourth-order valence-electron chi connectivity index (χ4n) is 1.05. The van der Waals surface area contributed by atoms with Gasteiger partial charge in [0.1, 0.15) is 12.4 Å². The quantitative estimate of drug-likeness (QED) is 0.659. The Balaban J connectivity index is 2.53. The van der Waals surface area contributed by atoms with E-state index in [1.165, 1.54) is 12.1 Å². The first-order chi connectivity index (χ1) is 7.80. The molecule has 2 N–H and O–H groups in total. The molecule has 1 unspecified atom stereocenters. The van der Waals surface area contributed by atoms with Crippen LogP contribution in [0.1, 0.15) is 11.6 Å². The average molecular weight is 251 g/mol. The Kier molecular flexibility index (Phi) is 4.06. The number of ether oxygens (including phenoxy) is 1. The highest BCUT2D eigenvalue weighted by Gasteiger charge is 2.41. The van der Waals surface area contributed by atoms with Crippen molar-refractivity contribution in [2.75, 3.05) is 6.61 Å². The van der Waals surface area contributed by atoms with Crippen LogP contribution in [0.4, 0.5) is 17.6 Å². The van der Waals surface area contributed by atoms with E-state index in [1.807, 2.05) is 0 Å². The second-order valence-electron chi connectivity index (χ2n) is 3.25. The fourth-order valence-corrected chi connectivity index (χ4v) is 1.05. The van der Waals surface area contributed by atoms with Crippen LogP contribution in [0.3, 0.4) is 0 Å². The third-order valence-electron chi connectivity index (χ3n) is 1.92. The van der Waals surface area contributed by atoms with Gasteiger partial charge >= 0.3 is 12.1 Å². The molecule has 0 heterocycles. The molecule has 0 saturated heterocycles. The topological polar surface area (TPSA) is 52.3 Å². The molecule has 0 saturated carbocycles. The molecule has 0 aliphatic heterocycles. The van der Waals surface area contributed by atoms with Crippen LogP contribution in [0.25, 0.3) is 0 Å². The van der Waals surface area contributed by atoms with Crippen molar-refractivity contribution in [3.8, 4) is 0 Å². The summed E-state index contributed by atoms with van der Waals surface area (Å²) in [7, 11) is 0. The Bertz CT molecular complexity index is 388. The van der Waals surface area contributed by atoms with Gasteiger partial charge in [-0.05, 0) is 17.7 Å². The van der Waals surface area contributed by atoms with Gasteiger partial charge in [-0.25, -0.2) is 9.18 Å².